The maximum atomic E-state index is 5.95. The molecule has 0 saturated carbocycles. The van der Waals surface area contributed by atoms with Gasteiger partial charge in [-0.1, -0.05) is 18.2 Å². The summed E-state index contributed by atoms with van der Waals surface area (Å²) in [7, 11) is 2.10. The summed E-state index contributed by atoms with van der Waals surface area (Å²) in [5, 5.41) is 10.3. The lowest BCUT2D eigenvalue weighted by molar-refractivity contribution is 0.165. The Balaban J connectivity index is 1.55. The highest BCUT2D eigenvalue weighted by Crippen LogP contribution is 2.28. The van der Waals surface area contributed by atoms with E-state index in [9.17, 15) is 0 Å². The standard InChI is InChI=1S/C14H17N3OS/c1-10-15-16-14(19-10)9-17(2)8-12-7-11-5-3-4-6-13(11)18-12/h3-6,12H,7-9H2,1-2H3. The van der Waals surface area contributed by atoms with Gasteiger partial charge in [-0.25, -0.2) is 0 Å². The number of hydrogen-bond acceptors (Lipinski definition) is 5. The van der Waals surface area contributed by atoms with E-state index >= 15 is 0 Å². The second kappa shape index (κ2) is 5.27. The molecule has 19 heavy (non-hydrogen) atoms. The lowest BCUT2D eigenvalue weighted by Crippen LogP contribution is -2.31. The quantitative estimate of drug-likeness (QED) is 0.858. The third kappa shape index (κ3) is 2.93. The van der Waals surface area contributed by atoms with E-state index in [4.69, 9.17) is 4.74 Å². The Bertz CT molecular complexity index is 544. The molecule has 0 N–H and O–H groups in total. The number of ether oxygens (including phenoxy) is 1. The molecule has 3 rings (SSSR count). The molecule has 0 bridgehead atoms. The topological polar surface area (TPSA) is 38.2 Å². The van der Waals surface area contributed by atoms with E-state index in [1.807, 2.05) is 19.1 Å². The number of rotatable bonds is 4. The fraction of sp³-hybridized carbons (Fsp3) is 0.429. The second-order valence-electron chi connectivity index (χ2n) is 4.96. The Morgan fingerprint density at radius 1 is 1.37 bits per heavy atom. The zero-order valence-electron chi connectivity index (χ0n) is 11.2. The minimum Gasteiger partial charge on any atom is -0.488 e. The van der Waals surface area contributed by atoms with Crippen LogP contribution in [-0.2, 0) is 13.0 Å². The smallest absolute Gasteiger partial charge is 0.131 e. The van der Waals surface area contributed by atoms with Crippen molar-refractivity contribution >= 4 is 11.3 Å². The number of likely N-dealkylation sites (N-methyl/N-ethyl adjacent to an activating group) is 1. The Hall–Kier alpha value is -1.46. The molecule has 1 aromatic carbocycles. The van der Waals surface area contributed by atoms with Crippen molar-refractivity contribution in [3.05, 3.63) is 39.8 Å². The summed E-state index contributed by atoms with van der Waals surface area (Å²) in [4.78, 5) is 2.25. The summed E-state index contributed by atoms with van der Waals surface area (Å²) in [5.41, 5.74) is 1.31. The van der Waals surface area contributed by atoms with Crippen LogP contribution in [-0.4, -0.2) is 34.8 Å². The van der Waals surface area contributed by atoms with E-state index in [1.54, 1.807) is 11.3 Å². The van der Waals surface area contributed by atoms with Crippen molar-refractivity contribution in [1.29, 1.82) is 0 Å². The largest absolute Gasteiger partial charge is 0.488 e. The average molecular weight is 275 g/mol. The first-order valence-corrected chi connectivity index (χ1v) is 7.24. The van der Waals surface area contributed by atoms with Crippen molar-refractivity contribution in [2.24, 2.45) is 0 Å². The van der Waals surface area contributed by atoms with Crippen molar-refractivity contribution < 1.29 is 4.74 Å². The summed E-state index contributed by atoms with van der Waals surface area (Å²) in [6.07, 6.45) is 1.24. The van der Waals surface area contributed by atoms with Crippen LogP contribution in [0.3, 0.4) is 0 Å². The highest BCUT2D eigenvalue weighted by Gasteiger charge is 2.23. The molecule has 1 aliphatic heterocycles. The molecule has 1 aromatic heterocycles. The summed E-state index contributed by atoms with van der Waals surface area (Å²) in [5.74, 6) is 1.03. The van der Waals surface area contributed by atoms with Gasteiger partial charge in [0.1, 0.15) is 21.9 Å². The van der Waals surface area contributed by atoms with Gasteiger partial charge in [0.15, 0.2) is 0 Å². The number of para-hydroxylation sites is 1. The summed E-state index contributed by atoms with van der Waals surface area (Å²) in [6, 6.07) is 8.28. The van der Waals surface area contributed by atoms with Crippen molar-refractivity contribution in [1.82, 2.24) is 15.1 Å². The Morgan fingerprint density at radius 3 is 2.95 bits per heavy atom. The second-order valence-corrected chi connectivity index (χ2v) is 6.23. The summed E-state index contributed by atoms with van der Waals surface area (Å²) < 4.78 is 5.95. The van der Waals surface area contributed by atoms with E-state index in [2.05, 4.69) is 34.3 Å². The highest BCUT2D eigenvalue weighted by molar-refractivity contribution is 7.11. The maximum Gasteiger partial charge on any atom is 0.131 e. The van der Waals surface area contributed by atoms with Crippen LogP contribution >= 0.6 is 11.3 Å². The minimum absolute atomic E-state index is 0.247. The number of hydrogen-bond donors (Lipinski definition) is 0. The summed E-state index contributed by atoms with van der Waals surface area (Å²) in [6.45, 7) is 3.73. The lowest BCUT2D eigenvalue weighted by atomic mass is 10.1. The monoisotopic (exact) mass is 275 g/mol. The Morgan fingerprint density at radius 2 is 2.21 bits per heavy atom. The molecule has 0 radical (unpaired) electrons. The molecule has 2 heterocycles. The third-order valence-corrected chi connectivity index (χ3v) is 4.03. The first-order chi connectivity index (χ1) is 9.20. The number of nitrogens with zero attached hydrogens (tertiary/aromatic N) is 3. The van der Waals surface area contributed by atoms with Gasteiger partial charge in [0.05, 0.1) is 6.54 Å². The average Bonchev–Trinajstić information content (AvgIpc) is 2.94. The molecule has 0 fully saturated rings. The molecule has 1 atom stereocenters. The van der Waals surface area contributed by atoms with E-state index in [-0.39, 0.29) is 6.10 Å². The van der Waals surface area contributed by atoms with Crippen molar-refractivity contribution in [3.8, 4) is 5.75 Å². The fourth-order valence-corrected chi connectivity index (χ4v) is 3.19. The third-order valence-electron chi connectivity index (χ3n) is 3.20. The van der Waals surface area contributed by atoms with Gasteiger partial charge in [-0.05, 0) is 25.6 Å². The predicted octanol–water partition coefficient (Wildman–Crippen LogP) is 2.28. The van der Waals surface area contributed by atoms with Gasteiger partial charge in [0, 0.05) is 13.0 Å². The SMILES string of the molecule is Cc1nnc(CN(C)CC2Cc3ccccc3O2)s1. The molecular formula is C14H17N3OS. The van der Waals surface area contributed by atoms with Crippen LogP contribution in [0.15, 0.2) is 24.3 Å². The molecule has 0 saturated heterocycles. The number of aryl methyl sites for hydroxylation is 1. The molecule has 0 spiro atoms. The number of benzene rings is 1. The van der Waals surface area contributed by atoms with Crippen LogP contribution in [0.1, 0.15) is 15.6 Å². The molecule has 2 aromatic rings. The molecule has 1 aliphatic rings. The Kier molecular flexibility index (Phi) is 3.48. The van der Waals surface area contributed by atoms with Crippen molar-refractivity contribution in [3.63, 3.8) is 0 Å². The van der Waals surface area contributed by atoms with E-state index in [0.29, 0.717) is 0 Å². The van der Waals surface area contributed by atoms with Gasteiger partial charge in [-0.3, -0.25) is 4.90 Å². The van der Waals surface area contributed by atoms with E-state index in [0.717, 1.165) is 35.3 Å². The first kappa shape index (κ1) is 12.6. The highest BCUT2D eigenvalue weighted by atomic mass is 32.1. The van der Waals surface area contributed by atoms with Gasteiger partial charge in [-0.15, -0.1) is 21.5 Å². The molecule has 0 aliphatic carbocycles. The van der Waals surface area contributed by atoms with Crippen molar-refractivity contribution in [2.75, 3.05) is 13.6 Å². The van der Waals surface area contributed by atoms with Crippen LogP contribution in [0.2, 0.25) is 0 Å². The van der Waals surface area contributed by atoms with Crippen LogP contribution in [0.4, 0.5) is 0 Å². The van der Waals surface area contributed by atoms with E-state index in [1.165, 1.54) is 5.56 Å². The van der Waals surface area contributed by atoms with Crippen LogP contribution in [0, 0.1) is 6.92 Å². The van der Waals surface area contributed by atoms with Gasteiger partial charge in [0.25, 0.3) is 0 Å². The zero-order chi connectivity index (χ0) is 13.2. The lowest BCUT2D eigenvalue weighted by Gasteiger charge is -2.19. The van der Waals surface area contributed by atoms with Gasteiger partial charge in [-0.2, -0.15) is 0 Å². The van der Waals surface area contributed by atoms with Crippen LogP contribution in [0.5, 0.6) is 5.75 Å². The molecule has 1 unspecified atom stereocenters. The molecule has 4 nitrogen and oxygen atoms in total. The zero-order valence-corrected chi connectivity index (χ0v) is 12.0. The van der Waals surface area contributed by atoms with Gasteiger partial charge in [0.2, 0.25) is 0 Å². The van der Waals surface area contributed by atoms with Gasteiger partial charge < -0.3 is 4.74 Å². The number of fused-ring (bicyclic) bond motifs is 1. The van der Waals surface area contributed by atoms with Gasteiger partial charge >= 0.3 is 0 Å². The molecule has 5 heteroatoms. The predicted molar refractivity (Wildman–Crippen MR) is 75.5 cm³/mol. The van der Waals surface area contributed by atoms with Crippen LogP contribution in [0.25, 0.3) is 0 Å². The van der Waals surface area contributed by atoms with Crippen LogP contribution < -0.4 is 4.74 Å². The fourth-order valence-electron chi connectivity index (χ4n) is 2.40. The molecule has 0 amide bonds. The molecular weight excluding hydrogens is 258 g/mol. The normalized spacial score (nSPS) is 17.5. The minimum atomic E-state index is 0.247. The first-order valence-electron chi connectivity index (χ1n) is 6.43. The summed E-state index contributed by atoms with van der Waals surface area (Å²) >= 11 is 1.66. The maximum absolute atomic E-state index is 5.95. The molecule has 100 valence electrons. The Labute approximate surface area is 117 Å². The van der Waals surface area contributed by atoms with Crippen molar-refractivity contribution in [2.45, 2.75) is 26.0 Å². The van der Waals surface area contributed by atoms with E-state index < -0.39 is 0 Å². The number of aromatic nitrogens is 2.